The Morgan fingerprint density at radius 2 is 2.53 bits per heavy atom. The van der Waals surface area contributed by atoms with Crippen molar-refractivity contribution in [3.05, 3.63) is 20.8 Å². The molecule has 0 saturated carbocycles. The molecule has 15 heavy (non-hydrogen) atoms. The number of hydrogen-bond acceptors (Lipinski definition) is 4. The van der Waals surface area contributed by atoms with Crippen LogP contribution in [0.3, 0.4) is 0 Å². The molecule has 0 bridgehead atoms. The number of halogens is 1. The summed E-state index contributed by atoms with van der Waals surface area (Å²) in [6, 6.07) is 2.08. The minimum Gasteiger partial charge on any atom is -0.372 e. The van der Waals surface area contributed by atoms with E-state index in [2.05, 4.69) is 37.7 Å². The second kappa shape index (κ2) is 4.23. The molecule has 1 aliphatic rings. The molecule has 5 heteroatoms. The van der Waals surface area contributed by atoms with Crippen LogP contribution in [-0.2, 0) is 5.54 Å². The van der Waals surface area contributed by atoms with Gasteiger partial charge in [0.1, 0.15) is 0 Å². The van der Waals surface area contributed by atoms with E-state index in [1.54, 1.807) is 11.3 Å². The standard InChI is InChI=1S/C10H14BrN3S/c1-10(12,5-9-13-2-3-14-9)8-4-7(11)6-15-8/h4,6H,2-3,5,12H2,1H3,(H,13,14)/t10-/m0/s1. The van der Waals surface area contributed by atoms with Crippen molar-refractivity contribution in [2.24, 2.45) is 10.7 Å². The fraction of sp³-hybridized carbons (Fsp3) is 0.500. The fourth-order valence-electron chi connectivity index (χ4n) is 1.61. The van der Waals surface area contributed by atoms with E-state index in [0.29, 0.717) is 0 Å². The van der Waals surface area contributed by atoms with Crippen LogP contribution in [0.4, 0.5) is 0 Å². The van der Waals surface area contributed by atoms with Gasteiger partial charge < -0.3 is 11.1 Å². The lowest BCUT2D eigenvalue weighted by Crippen LogP contribution is -2.37. The first-order valence-electron chi connectivity index (χ1n) is 4.88. The van der Waals surface area contributed by atoms with Crippen LogP contribution in [0.15, 0.2) is 20.9 Å². The SMILES string of the molecule is C[C@](N)(CC1=NCCN1)c1cc(Br)cs1. The van der Waals surface area contributed by atoms with Crippen LogP contribution in [0.1, 0.15) is 18.2 Å². The molecular formula is C10H14BrN3S. The smallest absolute Gasteiger partial charge is 0.0986 e. The molecule has 0 unspecified atom stereocenters. The van der Waals surface area contributed by atoms with Gasteiger partial charge in [0.2, 0.25) is 0 Å². The van der Waals surface area contributed by atoms with E-state index in [4.69, 9.17) is 5.73 Å². The molecule has 2 rings (SSSR count). The number of thiophene rings is 1. The maximum absolute atomic E-state index is 6.30. The molecule has 0 radical (unpaired) electrons. The Kier molecular flexibility index (Phi) is 3.13. The van der Waals surface area contributed by atoms with Crippen LogP contribution in [-0.4, -0.2) is 18.9 Å². The van der Waals surface area contributed by atoms with E-state index in [-0.39, 0.29) is 5.54 Å². The van der Waals surface area contributed by atoms with Crippen LogP contribution in [0.2, 0.25) is 0 Å². The maximum atomic E-state index is 6.30. The molecule has 82 valence electrons. The van der Waals surface area contributed by atoms with E-state index < -0.39 is 0 Å². The highest BCUT2D eigenvalue weighted by molar-refractivity contribution is 9.10. The minimum atomic E-state index is -0.327. The van der Waals surface area contributed by atoms with Crippen molar-refractivity contribution < 1.29 is 0 Å². The van der Waals surface area contributed by atoms with Crippen molar-refractivity contribution in [2.75, 3.05) is 13.1 Å². The van der Waals surface area contributed by atoms with Crippen molar-refractivity contribution in [3.8, 4) is 0 Å². The first-order chi connectivity index (χ1) is 7.08. The zero-order chi connectivity index (χ0) is 10.9. The Bertz CT molecular complexity index is 384. The van der Waals surface area contributed by atoms with Gasteiger partial charge in [-0.1, -0.05) is 0 Å². The lowest BCUT2D eigenvalue weighted by atomic mass is 9.96. The first-order valence-corrected chi connectivity index (χ1v) is 6.56. The normalized spacial score (nSPS) is 19.5. The molecule has 0 aromatic carbocycles. The molecule has 1 aromatic heterocycles. The van der Waals surface area contributed by atoms with Crippen LogP contribution in [0, 0.1) is 0 Å². The lowest BCUT2D eigenvalue weighted by Gasteiger charge is -2.23. The second-order valence-corrected chi connectivity index (χ2v) is 5.81. The zero-order valence-corrected chi connectivity index (χ0v) is 11.0. The number of nitrogens with zero attached hydrogens (tertiary/aromatic N) is 1. The van der Waals surface area contributed by atoms with Gasteiger partial charge in [-0.3, -0.25) is 4.99 Å². The van der Waals surface area contributed by atoms with Gasteiger partial charge in [0.25, 0.3) is 0 Å². The maximum Gasteiger partial charge on any atom is 0.0986 e. The van der Waals surface area contributed by atoms with Crippen molar-refractivity contribution in [1.29, 1.82) is 0 Å². The fourth-order valence-corrected chi connectivity index (χ4v) is 3.12. The number of rotatable bonds is 3. The molecule has 3 nitrogen and oxygen atoms in total. The predicted octanol–water partition coefficient (Wildman–Crippen LogP) is 2.08. The Morgan fingerprint density at radius 3 is 3.07 bits per heavy atom. The molecule has 1 atom stereocenters. The molecule has 1 aromatic rings. The van der Waals surface area contributed by atoms with Gasteiger partial charge in [-0.25, -0.2) is 0 Å². The lowest BCUT2D eigenvalue weighted by molar-refractivity contribution is 0.523. The third-order valence-corrected chi connectivity index (χ3v) is 4.38. The topological polar surface area (TPSA) is 50.4 Å². The summed E-state index contributed by atoms with van der Waals surface area (Å²) >= 11 is 5.13. The van der Waals surface area contributed by atoms with Crippen molar-refractivity contribution in [2.45, 2.75) is 18.9 Å². The van der Waals surface area contributed by atoms with Crippen LogP contribution in [0.25, 0.3) is 0 Å². The summed E-state index contributed by atoms with van der Waals surface area (Å²) in [5, 5.41) is 5.31. The van der Waals surface area contributed by atoms with Gasteiger partial charge in [-0.15, -0.1) is 11.3 Å². The first kappa shape index (κ1) is 11.1. The molecule has 0 aliphatic carbocycles. The van der Waals surface area contributed by atoms with Crippen molar-refractivity contribution in [1.82, 2.24) is 5.32 Å². The van der Waals surface area contributed by atoms with Gasteiger partial charge in [-0.2, -0.15) is 0 Å². The van der Waals surface area contributed by atoms with E-state index >= 15 is 0 Å². The number of nitrogens with two attached hydrogens (primary N) is 1. The van der Waals surface area contributed by atoms with Crippen LogP contribution < -0.4 is 11.1 Å². The molecule has 3 N–H and O–H groups in total. The molecule has 1 aliphatic heterocycles. The van der Waals surface area contributed by atoms with Gasteiger partial charge in [0.15, 0.2) is 0 Å². The van der Waals surface area contributed by atoms with Crippen LogP contribution >= 0.6 is 27.3 Å². The summed E-state index contributed by atoms with van der Waals surface area (Å²) in [6.45, 7) is 3.87. The Morgan fingerprint density at radius 1 is 1.73 bits per heavy atom. The second-order valence-electron chi connectivity index (χ2n) is 3.98. The highest BCUT2D eigenvalue weighted by atomic mass is 79.9. The van der Waals surface area contributed by atoms with Gasteiger partial charge >= 0.3 is 0 Å². The highest BCUT2D eigenvalue weighted by Crippen LogP contribution is 2.30. The molecule has 0 spiro atoms. The summed E-state index contributed by atoms with van der Waals surface area (Å²) in [5.74, 6) is 1.03. The molecule has 0 fully saturated rings. The largest absolute Gasteiger partial charge is 0.372 e. The summed E-state index contributed by atoms with van der Waals surface area (Å²) in [7, 11) is 0. The molecular weight excluding hydrogens is 274 g/mol. The van der Waals surface area contributed by atoms with Crippen molar-refractivity contribution >= 4 is 33.1 Å². The number of aliphatic imine (C=N–C) groups is 1. The van der Waals surface area contributed by atoms with Crippen molar-refractivity contribution in [3.63, 3.8) is 0 Å². The van der Waals surface area contributed by atoms with E-state index in [1.165, 1.54) is 4.88 Å². The minimum absolute atomic E-state index is 0.327. The summed E-state index contributed by atoms with van der Waals surface area (Å²) in [6.07, 6.45) is 0.778. The monoisotopic (exact) mass is 287 g/mol. The third kappa shape index (κ3) is 2.59. The molecule has 2 heterocycles. The predicted molar refractivity (Wildman–Crippen MR) is 68.5 cm³/mol. The number of hydrogen-bond donors (Lipinski definition) is 2. The van der Waals surface area contributed by atoms with Gasteiger partial charge in [0.05, 0.1) is 17.9 Å². The average Bonchev–Trinajstić information content (AvgIpc) is 2.75. The van der Waals surface area contributed by atoms with Gasteiger partial charge in [-0.05, 0) is 28.9 Å². The average molecular weight is 288 g/mol. The van der Waals surface area contributed by atoms with Crippen LogP contribution in [0.5, 0.6) is 0 Å². The van der Waals surface area contributed by atoms with E-state index in [0.717, 1.165) is 29.8 Å². The van der Waals surface area contributed by atoms with E-state index in [1.807, 2.05) is 6.92 Å². The Balaban J connectivity index is 2.12. The van der Waals surface area contributed by atoms with Gasteiger partial charge in [0, 0.05) is 27.7 Å². The molecule has 0 saturated heterocycles. The Labute approximate surface area is 102 Å². The molecule has 0 amide bonds. The summed E-state index contributed by atoms with van der Waals surface area (Å²) in [5.41, 5.74) is 5.97. The summed E-state index contributed by atoms with van der Waals surface area (Å²) in [4.78, 5) is 5.56. The van der Waals surface area contributed by atoms with E-state index in [9.17, 15) is 0 Å². The Hall–Kier alpha value is -0.390. The zero-order valence-electron chi connectivity index (χ0n) is 8.59. The summed E-state index contributed by atoms with van der Waals surface area (Å²) < 4.78 is 1.10. The third-order valence-electron chi connectivity index (χ3n) is 2.41. The number of amidine groups is 1. The number of nitrogens with one attached hydrogen (secondary N) is 1. The highest BCUT2D eigenvalue weighted by Gasteiger charge is 2.26. The quantitative estimate of drug-likeness (QED) is 0.894.